The Morgan fingerprint density at radius 1 is 1.53 bits per heavy atom. The van der Waals surface area contributed by atoms with Crippen LogP contribution in [0.2, 0.25) is 0 Å². The molecule has 0 N–H and O–H groups in total. The molecule has 0 unspecified atom stereocenters. The first-order chi connectivity index (χ1) is 6.80. The molecule has 1 atom stereocenters. The van der Waals surface area contributed by atoms with E-state index in [0.717, 1.165) is 15.1 Å². The minimum Gasteiger partial charge on any atom is -0.591 e. The van der Waals surface area contributed by atoms with Crippen LogP contribution in [-0.4, -0.2) is 15.0 Å². The number of thiophene rings is 1. The molecule has 0 saturated heterocycles. The highest BCUT2D eigenvalue weighted by molar-refractivity contribution is 9.10. The van der Waals surface area contributed by atoms with Gasteiger partial charge in [-0.1, -0.05) is 4.40 Å². The standard InChI is InChI=1S/C10H14BrNOS2/c1-7(9-5-8(11)6-14-9)12-15(13)10(2,3)4/h5-6H,1-4H3/b12-7+/t15-/m1/s1. The number of nitrogens with zero attached hydrogens (tertiary/aromatic N) is 1. The Labute approximate surface area is 106 Å². The molecule has 15 heavy (non-hydrogen) atoms. The first kappa shape index (κ1) is 13.2. The van der Waals surface area contributed by atoms with E-state index in [9.17, 15) is 4.55 Å². The fraction of sp³-hybridized carbons (Fsp3) is 0.500. The summed E-state index contributed by atoms with van der Waals surface area (Å²) >= 11 is 3.80. The molecule has 0 saturated carbocycles. The summed E-state index contributed by atoms with van der Waals surface area (Å²) < 4.78 is 16.7. The third-order valence-corrected chi connectivity index (χ3v) is 4.96. The molecule has 1 aromatic heterocycles. The Bertz CT molecular complexity index is 368. The largest absolute Gasteiger partial charge is 0.591 e. The summed E-state index contributed by atoms with van der Waals surface area (Å²) in [5.74, 6) is 0. The topological polar surface area (TPSA) is 35.4 Å². The van der Waals surface area contributed by atoms with Gasteiger partial charge in [-0.15, -0.1) is 11.3 Å². The van der Waals surface area contributed by atoms with Crippen molar-refractivity contribution in [2.45, 2.75) is 32.4 Å². The molecule has 1 heterocycles. The molecule has 0 bridgehead atoms. The minimum atomic E-state index is -1.18. The summed E-state index contributed by atoms with van der Waals surface area (Å²) in [4.78, 5) is 1.06. The third-order valence-electron chi connectivity index (χ3n) is 1.67. The fourth-order valence-electron chi connectivity index (χ4n) is 0.809. The number of rotatable bonds is 2. The van der Waals surface area contributed by atoms with Gasteiger partial charge in [0.1, 0.15) is 21.8 Å². The van der Waals surface area contributed by atoms with Crippen LogP contribution in [0.25, 0.3) is 0 Å². The lowest BCUT2D eigenvalue weighted by Gasteiger charge is -2.18. The van der Waals surface area contributed by atoms with Gasteiger partial charge in [0, 0.05) is 9.85 Å². The Morgan fingerprint density at radius 3 is 2.53 bits per heavy atom. The molecular formula is C10H14BrNOS2. The number of hydrogen-bond donors (Lipinski definition) is 0. The van der Waals surface area contributed by atoms with E-state index in [1.807, 2.05) is 39.1 Å². The van der Waals surface area contributed by atoms with Crippen LogP contribution in [0.5, 0.6) is 0 Å². The van der Waals surface area contributed by atoms with Gasteiger partial charge in [-0.25, -0.2) is 0 Å². The van der Waals surface area contributed by atoms with E-state index in [2.05, 4.69) is 20.3 Å². The van der Waals surface area contributed by atoms with Crippen LogP contribution in [-0.2, 0) is 11.4 Å². The quantitative estimate of drug-likeness (QED) is 0.605. The van der Waals surface area contributed by atoms with Gasteiger partial charge in [-0.2, -0.15) is 0 Å². The zero-order valence-corrected chi connectivity index (χ0v) is 12.4. The van der Waals surface area contributed by atoms with E-state index < -0.39 is 11.4 Å². The molecule has 1 aromatic rings. The zero-order chi connectivity index (χ0) is 11.6. The van der Waals surface area contributed by atoms with Crippen LogP contribution >= 0.6 is 27.3 Å². The second kappa shape index (κ2) is 4.99. The smallest absolute Gasteiger partial charge is 0.144 e. The lowest BCUT2D eigenvalue weighted by atomic mass is 10.3. The first-order valence-corrected chi connectivity index (χ1v) is 7.30. The first-order valence-electron chi connectivity index (χ1n) is 4.52. The molecule has 2 nitrogen and oxygen atoms in total. The van der Waals surface area contributed by atoms with Gasteiger partial charge >= 0.3 is 0 Å². The maximum atomic E-state index is 11.8. The van der Waals surface area contributed by atoms with E-state index in [1.54, 1.807) is 11.3 Å². The van der Waals surface area contributed by atoms with Gasteiger partial charge in [0.15, 0.2) is 0 Å². The molecule has 0 amide bonds. The fourth-order valence-corrected chi connectivity index (χ4v) is 2.87. The highest BCUT2D eigenvalue weighted by Crippen LogP contribution is 2.23. The predicted molar refractivity (Wildman–Crippen MR) is 72.1 cm³/mol. The van der Waals surface area contributed by atoms with Crippen molar-refractivity contribution >= 4 is 44.3 Å². The van der Waals surface area contributed by atoms with Crippen molar-refractivity contribution in [3.8, 4) is 0 Å². The Balaban J connectivity index is 2.85. The van der Waals surface area contributed by atoms with Crippen molar-refractivity contribution in [1.29, 1.82) is 0 Å². The molecule has 0 fully saturated rings. The van der Waals surface area contributed by atoms with Gasteiger partial charge in [0.25, 0.3) is 0 Å². The average molecular weight is 308 g/mol. The Kier molecular flexibility index (Phi) is 4.40. The van der Waals surface area contributed by atoms with Crippen molar-refractivity contribution < 1.29 is 4.55 Å². The second-order valence-electron chi connectivity index (χ2n) is 4.17. The van der Waals surface area contributed by atoms with Gasteiger partial charge in [0.2, 0.25) is 0 Å². The molecule has 0 aliphatic rings. The molecule has 0 spiro atoms. The molecule has 84 valence electrons. The summed E-state index contributed by atoms with van der Waals surface area (Å²) in [5.41, 5.74) is 0.832. The molecule has 1 rings (SSSR count). The van der Waals surface area contributed by atoms with Gasteiger partial charge in [-0.3, -0.25) is 0 Å². The van der Waals surface area contributed by atoms with E-state index in [-0.39, 0.29) is 4.75 Å². The summed E-state index contributed by atoms with van der Waals surface area (Å²) in [7, 11) is 0. The van der Waals surface area contributed by atoms with E-state index >= 15 is 0 Å². The van der Waals surface area contributed by atoms with Gasteiger partial charge < -0.3 is 4.55 Å². The summed E-state index contributed by atoms with van der Waals surface area (Å²) in [5, 5.41) is 1.99. The SMILES string of the molecule is C/C(=N\[S@+]([O-])C(C)(C)C)c1cc(Br)cs1. The van der Waals surface area contributed by atoms with E-state index in [0.29, 0.717) is 0 Å². The van der Waals surface area contributed by atoms with E-state index in [4.69, 9.17) is 0 Å². The minimum absolute atomic E-state index is 0.296. The maximum Gasteiger partial charge on any atom is 0.144 e. The summed E-state index contributed by atoms with van der Waals surface area (Å²) in [6.45, 7) is 7.65. The highest BCUT2D eigenvalue weighted by Gasteiger charge is 2.26. The summed E-state index contributed by atoms with van der Waals surface area (Å²) in [6.07, 6.45) is 0. The van der Waals surface area contributed by atoms with Crippen LogP contribution in [0, 0.1) is 0 Å². The van der Waals surface area contributed by atoms with Crippen LogP contribution in [0.4, 0.5) is 0 Å². The van der Waals surface area contributed by atoms with Crippen molar-refractivity contribution in [2.24, 2.45) is 4.40 Å². The van der Waals surface area contributed by atoms with Gasteiger partial charge in [0.05, 0.1) is 4.88 Å². The third kappa shape index (κ3) is 3.90. The Morgan fingerprint density at radius 2 is 2.13 bits per heavy atom. The predicted octanol–water partition coefficient (Wildman–Crippen LogP) is 3.78. The zero-order valence-electron chi connectivity index (χ0n) is 9.20. The van der Waals surface area contributed by atoms with Crippen molar-refractivity contribution in [3.63, 3.8) is 0 Å². The molecule has 5 heteroatoms. The van der Waals surface area contributed by atoms with Crippen LogP contribution < -0.4 is 0 Å². The number of hydrogen-bond acceptors (Lipinski definition) is 3. The molecule has 0 aliphatic heterocycles. The van der Waals surface area contributed by atoms with Crippen molar-refractivity contribution in [3.05, 3.63) is 20.8 Å². The van der Waals surface area contributed by atoms with Crippen molar-refractivity contribution in [1.82, 2.24) is 0 Å². The second-order valence-corrected chi connectivity index (χ2v) is 7.90. The van der Waals surface area contributed by atoms with Gasteiger partial charge in [-0.05, 0) is 49.7 Å². The lowest BCUT2D eigenvalue weighted by Crippen LogP contribution is -2.26. The van der Waals surface area contributed by atoms with Crippen LogP contribution in [0.15, 0.2) is 20.3 Å². The van der Waals surface area contributed by atoms with Crippen LogP contribution in [0.3, 0.4) is 0 Å². The average Bonchev–Trinajstić information content (AvgIpc) is 2.50. The summed E-state index contributed by atoms with van der Waals surface area (Å²) in [6, 6.07) is 1.99. The highest BCUT2D eigenvalue weighted by atomic mass is 79.9. The number of halogens is 1. The molecule has 0 aromatic carbocycles. The molecular weight excluding hydrogens is 294 g/mol. The molecule has 0 aliphatic carbocycles. The van der Waals surface area contributed by atoms with Crippen LogP contribution in [0.1, 0.15) is 32.6 Å². The Hall–Kier alpha value is 0.160. The normalized spacial score (nSPS) is 15.5. The molecule has 0 radical (unpaired) electrons. The lowest BCUT2D eigenvalue weighted by molar-refractivity contribution is 0.561. The van der Waals surface area contributed by atoms with E-state index in [1.165, 1.54) is 0 Å². The maximum absolute atomic E-state index is 11.8. The monoisotopic (exact) mass is 307 g/mol. The van der Waals surface area contributed by atoms with Crippen molar-refractivity contribution in [2.75, 3.05) is 0 Å².